The summed E-state index contributed by atoms with van der Waals surface area (Å²) in [5.41, 5.74) is 0. The van der Waals surface area contributed by atoms with Crippen molar-refractivity contribution >= 4 is 17.9 Å². The summed E-state index contributed by atoms with van der Waals surface area (Å²) in [4.78, 5) is 38.0. The lowest BCUT2D eigenvalue weighted by molar-refractivity contribution is -0.166. The number of esters is 3. The minimum atomic E-state index is -0.803. The average molecular weight is 907 g/mol. The van der Waals surface area contributed by atoms with Gasteiger partial charge in [-0.2, -0.15) is 0 Å². The third-order valence-electron chi connectivity index (χ3n) is 11.7. The summed E-state index contributed by atoms with van der Waals surface area (Å²) in [7, 11) is 0. The van der Waals surface area contributed by atoms with E-state index in [2.05, 4.69) is 87.6 Å². The van der Waals surface area contributed by atoms with Crippen LogP contribution in [0.1, 0.15) is 265 Å². The van der Waals surface area contributed by atoms with E-state index in [9.17, 15) is 14.4 Å². The molecule has 0 radical (unpaired) electrons. The third kappa shape index (κ3) is 51.7. The minimum absolute atomic E-state index is 0.0977. The summed E-state index contributed by atoms with van der Waals surface area (Å²) in [5, 5.41) is 0. The molecular weight excluding hydrogens is 805 g/mol. The molecule has 0 bridgehead atoms. The molecule has 0 amide bonds. The summed E-state index contributed by atoms with van der Waals surface area (Å²) in [5.74, 6) is -0.979. The van der Waals surface area contributed by atoms with Crippen molar-refractivity contribution in [3.8, 4) is 0 Å². The maximum absolute atomic E-state index is 12.8. The molecule has 0 aliphatic heterocycles. The van der Waals surface area contributed by atoms with Gasteiger partial charge in [-0.25, -0.2) is 0 Å². The lowest BCUT2D eigenvalue weighted by Crippen LogP contribution is -2.30. The lowest BCUT2D eigenvalue weighted by Gasteiger charge is -2.18. The van der Waals surface area contributed by atoms with E-state index in [0.717, 1.165) is 70.6 Å². The summed E-state index contributed by atoms with van der Waals surface area (Å²) in [6.45, 7) is 6.45. The van der Waals surface area contributed by atoms with Gasteiger partial charge in [-0.05, 0) is 77.0 Å². The van der Waals surface area contributed by atoms with Crippen molar-refractivity contribution in [2.45, 2.75) is 271 Å². The number of rotatable bonds is 49. The fraction of sp³-hybridized carbons (Fsp3) is 0.746. The van der Waals surface area contributed by atoms with Gasteiger partial charge < -0.3 is 14.2 Å². The first kappa shape index (κ1) is 61.9. The molecule has 0 aromatic carbocycles. The van der Waals surface area contributed by atoms with Gasteiger partial charge in [0.1, 0.15) is 13.2 Å². The molecule has 1 atom stereocenters. The van der Waals surface area contributed by atoms with Crippen molar-refractivity contribution in [1.82, 2.24) is 0 Å². The monoisotopic (exact) mass is 907 g/mol. The number of allylic oxidation sites excluding steroid dienone is 12. The number of carbonyl (C=O) groups excluding carboxylic acids is 3. The fourth-order valence-corrected chi connectivity index (χ4v) is 7.60. The standard InChI is InChI=1S/C59H102O6/c1-4-7-10-13-16-19-22-25-27-28-29-30-32-34-37-40-43-46-49-52-58(61)64-55-56(54-63-57(60)51-48-45-42-39-36-33-24-21-18-15-12-9-6-3)65-59(62)53-50-47-44-41-38-35-31-26-23-20-17-14-11-8-5-2/h9,12,16,18-19,21,25,27,33,36,42,45,56H,4-8,10-11,13-15,17,20,22-24,26,28-32,34-35,37-41,43-44,46-55H2,1-3H3/b12-9-,19-16-,21-18-,27-25-,36-33-,45-42-. The van der Waals surface area contributed by atoms with E-state index >= 15 is 0 Å². The molecule has 0 saturated heterocycles. The molecule has 374 valence electrons. The van der Waals surface area contributed by atoms with E-state index < -0.39 is 6.10 Å². The van der Waals surface area contributed by atoms with Crippen LogP contribution < -0.4 is 0 Å². The second kappa shape index (κ2) is 53.5. The number of carbonyl (C=O) groups is 3. The Hall–Kier alpha value is -3.15. The smallest absolute Gasteiger partial charge is 0.306 e. The van der Waals surface area contributed by atoms with Crippen LogP contribution in [0.25, 0.3) is 0 Å². The van der Waals surface area contributed by atoms with Crippen LogP contribution in [0.5, 0.6) is 0 Å². The maximum atomic E-state index is 12.8. The molecule has 0 N–H and O–H groups in total. The van der Waals surface area contributed by atoms with E-state index in [1.54, 1.807) is 0 Å². The summed E-state index contributed by atoms with van der Waals surface area (Å²) >= 11 is 0. The molecule has 0 spiro atoms. The maximum Gasteiger partial charge on any atom is 0.306 e. The van der Waals surface area contributed by atoms with Gasteiger partial charge in [0.05, 0.1) is 0 Å². The molecule has 0 aliphatic carbocycles. The van der Waals surface area contributed by atoms with Gasteiger partial charge in [0.2, 0.25) is 0 Å². The van der Waals surface area contributed by atoms with E-state index in [4.69, 9.17) is 14.2 Å². The Morgan fingerprint density at radius 3 is 1.06 bits per heavy atom. The molecular formula is C59H102O6. The topological polar surface area (TPSA) is 78.9 Å². The van der Waals surface area contributed by atoms with Gasteiger partial charge in [0.25, 0.3) is 0 Å². The van der Waals surface area contributed by atoms with E-state index in [0.29, 0.717) is 19.3 Å². The molecule has 1 unspecified atom stereocenters. The van der Waals surface area contributed by atoms with Crippen molar-refractivity contribution in [3.05, 3.63) is 72.9 Å². The van der Waals surface area contributed by atoms with Gasteiger partial charge in [-0.15, -0.1) is 0 Å². The van der Waals surface area contributed by atoms with Crippen molar-refractivity contribution in [2.24, 2.45) is 0 Å². The highest BCUT2D eigenvalue weighted by Gasteiger charge is 2.19. The summed E-state index contributed by atoms with van der Waals surface area (Å²) < 4.78 is 16.8. The molecule has 0 rings (SSSR count). The number of hydrogen-bond donors (Lipinski definition) is 0. The van der Waals surface area contributed by atoms with Gasteiger partial charge in [0, 0.05) is 19.3 Å². The second-order valence-electron chi connectivity index (χ2n) is 18.1. The SMILES string of the molecule is CC/C=C\C/C=C\C/C=C\C/C=C\CCC(=O)OCC(COC(=O)CCCCCCCCCCC/C=C\C/C=C\CCCCC)OC(=O)CCCCCCCCCCCCCCCCC. The normalized spacial score (nSPS) is 12.6. The van der Waals surface area contributed by atoms with Crippen molar-refractivity contribution in [1.29, 1.82) is 0 Å². The molecule has 0 aliphatic rings. The third-order valence-corrected chi connectivity index (χ3v) is 11.7. The van der Waals surface area contributed by atoms with E-state index in [1.165, 1.54) is 148 Å². The van der Waals surface area contributed by atoms with Gasteiger partial charge in [-0.1, -0.05) is 241 Å². The van der Waals surface area contributed by atoms with Crippen LogP contribution in [-0.4, -0.2) is 37.2 Å². The zero-order chi connectivity index (χ0) is 47.2. The van der Waals surface area contributed by atoms with Gasteiger partial charge in [-0.3, -0.25) is 14.4 Å². The van der Waals surface area contributed by atoms with Crippen LogP contribution >= 0.6 is 0 Å². The molecule has 0 fully saturated rings. The molecule has 6 nitrogen and oxygen atoms in total. The number of hydrogen-bond acceptors (Lipinski definition) is 6. The number of unbranched alkanes of at least 4 members (excludes halogenated alkanes) is 26. The predicted octanol–water partition coefficient (Wildman–Crippen LogP) is 18.2. The zero-order valence-electron chi connectivity index (χ0n) is 42.7. The van der Waals surface area contributed by atoms with Crippen LogP contribution in [0, 0.1) is 0 Å². The molecule has 65 heavy (non-hydrogen) atoms. The first-order valence-corrected chi connectivity index (χ1v) is 27.4. The predicted molar refractivity (Wildman–Crippen MR) is 279 cm³/mol. The van der Waals surface area contributed by atoms with Gasteiger partial charge >= 0.3 is 17.9 Å². The Bertz CT molecular complexity index is 1230. The molecule has 0 aromatic rings. The van der Waals surface area contributed by atoms with Crippen LogP contribution in [0.15, 0.2) is 72.9 Å². The van der Waals surface area contributed by atoms with Crippen molar-refractivity contribution in [3.63, 3.8) is 0 Å². The highest BCUT2D eigenvalue weighted by Crippen LogP contribution is 2.16. The van der Waals surface area contributed by atoms with Crippen LogP contribution in [0.3, 0.4) is 0 Å². The quantitative estimate of drug-likeness (QED) is 0.0262. The second-order valence-corrected chi connectivity index (χ2v) is 18.1. The molecule has 0 saturated carbocycles. The molecule has 0 aromatic heterocycles. The lowest BCUT2D eigenvalue weighted by atomic mass is 10.0. The van der Waals surface area contributed by atoms with Gasteiger partial charge in [0.15, 0.2) is 6.10 Å². The Morgan fingerprint density at radius 1 is 0.323 bits per heavy atom. The average Bonchev–Trinajstić information content (AvgIpc) is 3.30. The van der Waals surface area contributed by atoms with Crippen molar-refractivity contribution in [2.75, 3.05) is 13.2 Å². The number of ether oxygens (including phenoxy) is 3. The first-order valence-electron chi connectivity index (χ1n) is 27.4. The van der Waals surface area contributed by atoms with Crippen molar-refractivity contribution < 1.29 is 28.6 Å². The Kier molecular flexibility index (Phi) is 50.9. The largest absolute Gasteiger partial charge is 0.462 e. The van der Waals surface area contributed by atoms with Crippen LogP contribution in [0.2, 0.25) is 0 Å². The Labute approximate surface area is 402 Å². The van der Waals surface area contributed by atoms with Crippen LogP contribution in [-0.2, 0) is 28.6 Å². The summed E-state index contributed by atoms with van der Waals surface area (Å²) in [6, 6.07) is 0. The minimum Gasteiger partial charge on any atom is -0.462 e. The highest BCUT2D eigenvalue weighted by molar-refractivity contribution is 5.71. The Balaban J connectivity index is 4.41. The van der Waals surface area contributed by atoms with Crippen LogP contribution in [0.4, 0.5) is 0 Å². The first-order chi connectivity index (χ1) is 32.0. The van der Waals surface area contributed by atoms with E-state index in [1.807, 2.05) is 6.08 Å². The highest BCUT2D eigenvalue weighted by atomic mass is 16.6. The molecule has 0 heterocycles. The van der Waals surface area contributed by atoms with E-state index in [-0.39, 0.29) is 37.5 Å². The Morgan fingerprint density at radius 2 is 0.631 bits per heavy atom. The molecule has 6 heteroatoms. The zero-order valence-corrected chi connectivity index (χ0v) is 42.7. The fourth-order valence-electron chi connectivity index (χ4n) is 7.60. The summed E-state index contributed by atoms with van der Waals surface area (Å²) in [6.07, 6.45) is 67.6.